The van der Waals surface area contributed by atoms with Crippen LogP contribution in [0.1, 0.15) is 23.7 Å². The maximum absolute atomic E-state index is 4.93. The molecule has 0 amide bonds. The predicted molar refractivity (Wildman–Crippen MR) is 112 cm³/mol. The van der Waals surface area contributed by atoms with E-state index in [0.717, 1.165) is 57.5 Å². The molecule has 0 unspecified atom stereocenters. The molecule has 7 nitrogen and oxygen atoms in total. The topological polar surface area (TPSA) is 60.1 Å². The molecule has 152 valence electrons. The van der Waals surface area contributed by atoms with Crippen molar-refractivity contribution in [3.63, 3.8) is 0 Å². The third-order valence-electron chi connectivity index (χ3n) is 4.79. The zero-order valence-corrected chi connectivity index (χ0v) is 17.3. The fourth-order valence-electron chi connectivity index (χ4n) is 3.45. The summed E-state index contributed by atoms with van der Waals surface area (Å²) in [4.78, 5) is 11.8. The Morgan fingerprint density at radius 1 is 1.18 bits per heavy atom. The predicted octanol–water partition coefficient (Wildman–Crippen LogP) is 2.02. The van der Waals surface area contributed by atoms with Gasteiger partial charge in [-0.2, -0.15) is 0 Å². The molecule has 2 heterocycles. The van der Waals surface area contributed by atoms with Crippen LogP contribution in [0.4, 0.5) is 0 Å². The average molecular weight is 385 g/mol. The Bertz CT molecular complexity index is 735. The van der Waals surface area contributed by atoms with Gasteiger partial charge in [0.25, 0.3) is 0 Å². The smallest absolute Gasteiger partial charge is 0.194 e. The van der Waals surface area contributed by atoms with E-state index >= 15 is 0 Å². The summed E-state index contributed by atoms with van der Waals surface area (Å²) in [5.41, 5.74) is 3.57. The van der Waals surface area contributed by atoms with E-state index in [9.17, 15) is 0 Å². The molecule has 0 saturated carbocycles. The van der Waals surface area contributed by atoms with Gasteiger partial charge in [0.15, 0.2) is 5.96 Å². The van der Waals surface area contributed by atoms with Crippen molar-refractivity contribution in [2.24, 2.45) is 4.99 Å². The summed E-state index contributed by atoms with van der Waals surface area (Å²) in [6.07, 6.45) is 1.63. The van der Waals surface area contributed by atoms with Crippen LogP contribution in [0.15, 0.2) is 46.1 Å². The largest absolute Gasteiger partial charge is 0.364 e. The van der Waals surface area contributed by atoms with Crippen molar-refractivity contribution < 1.29 is 4.52 Å². The van der Waals surface area contributed by atoms with Gasteiger partial charge in [0.1, 0.15) is 6.26 Å². The van der Waals surface area contributed by atoms with E-state index in [1.807, 2.05) is 6.07 Å². The maximum atomic E-state index is 4.93. The standard InChI is InChI=1S/C21H32N6O/c1-4-22-21(23-15-18-6-5-7-19(14-18)16-25(2)3)27-11-9-26(10-12-27)17-20-8-13-28-24-20/h5-8,13-14H,4,9-12,15-17H2,1-3H3,(H,22,23). The molecule has 3 rings (SSSR count). The fourth-order valence-corrected chi connectivity index (χ4v) is 3.45. The summed E-state index contributed by atoms with van der Waals surface area (Å²) >= 11 is 0. The number of guanidine groups is 1. The van der Waals surface area contributed by atoms with E-state index in [4.69, 9.17) is 9.52 Å². The second kappa shape index (κ2) is 10.2. The molecule has 0 bridgehead atoms. The van der Waals surface area contributed by atoms with Crippen molar-refractivity contribution in [2.45, 2.75) is 26.6 Å². The van der Waals surface area contributed by atoms with Gasteiger partial charge in [0, 0.05) is 51.9 Å². The van der Waals surface area contributed by atoms with Crippen molar-refractivity contribution in [3.8, 4) is 0 Å². The number of rotatable bonds is 7. The molecule has 1 aromatic carbocycles. The number of hydrogen-bond acceptors (Lipinski definition) is 5. The number of aliphatic imine (C=N–C) groups is 1. The molecule has 1 aromatic heterocycles. The lowest BCUT2D eigenvalue weighted by Crippen LogP contribution is -2.52. The molecule has 2 aromatic rings. The van der Waals surface area contributed by atoms with Crippen molar-refractivity contribution in [1.82, 2.24) is 25.2 Å². The molecule has 0 spiro atoms. The van der Waals surface area contributed by atoms with Gasteiger partial charge >= 0.3 is 0 Å². The van der Waals surface area contributed by atoms with E-state index in [1.165, 1.54) is 11.1 Å². The van der Waals surface area contributed by atoms with Gasteiger partial charge in [-0.3, -0.25) is 4.90 Å². The average Bonchev–Trinajstić information content (AvgIpc) is 3.19. The first-order chi connectivity index (χ1) is 13.6. The minimum absolute atomic E-state index is 0.697. The van der Waals surface area contributed by atoms with Crippen molar-refractivity contribution >= 4 is 5.96 Å². The van der Waals surface area contributed by atoms with Crippen LogP contribution < -0.4 is 5.32 Å². The molecular weight excluding hydrogens is 352 g/mol. The number of nitrogens with zero attached hydrogens (tertiary/aromatic N) is 5. The minimum atomic E-state index is 0.697. The maximum Gasteiger partial charge on any atom is 0.194 e. The van der Waals surface area contributed by atoms with Gasteiger partial charge < -0.3 is 19.6 Å². The van der Waals surface area contributed by atoms with Crippen molar-refractivity contribution in [1.29, 1.82) is 0 Å². The Labute approximate surface area is 168 Å². The Morgan fingerprint density at radius 2 is 1.96 bits per heavy atom. The molecule has 0 atom stereocenters. The monoisotopic (exact) mass is 384 g/mol. The van der Waals surface area contributed by atoms with E-state index < -0.39 is 0 Å². The van der Waals surface area contributed by atoms with Gasteiger partial charge in [-0.25, -0.2) is 4.99 Å². The fraction of sp³-hybridized carbons (Fsp3) is 0.524. The summed E-state index contributed by atoms with van der Waals surface area (Å²) < 4.78 is 4.93. The zero-order valence-electron chi connectivity index (χ0n) is 17.3. The van der Waals surface area contributed by atoms with Gasteiger partial charge in [-0.15, -0.1) is 0 Å². The Hall–Kier alpha value is -2.38. The van der Waals surface area contributed by atoms with Crippen LogP contribution >= 0.6 is 0 Å². The SMILES string of the molecule is CCNC(=NCc1cccc(CN(C)C)c1)N1CCN(Cc2ccon2)CC1. The first-order valence-electron chi connectivity index (χ1n) is 10.0. The van der Waals surface area contributed by atoms with E-state index in [-0.39, 0.29) is 0 Å². The molecular formula is C21H32N6O. The molecule has 1 aliphatic heterocycles. The number of hydrogen-bond donors (Lipinski definition) is 1. The third kappa shape index (κ3) is 6.07. The molecule has 0 radical (unpaired) electrons. The number of piperazine rings is 1. The first kappa shape index (κ1) is 20.4. The summed E-state index contributed by atoms with van der Waals surface area (Å²) in [5.74, 6) is 1.00. The van der Waals surface area contributed by atoms with Crippen LogP contribution in [-0.4, -0.2) is 72.6 Å². The highest BCUT2D eigenvalue weighted by atomic mass is 16.5. The van der Waals surface area contributed by atoms with E-state index in [1.54, 1.807) is 6.26 Å². The molecule has 1 fully saturated rings. The van der Waals surface area contributed by atoms with Crippen LogP contribution in [0.25, 0.3) is 0 Å². The van der Waals surface area contributed by atoms with Gasteiger partial charge in [-0.05, 0) is 32.1 Å². The molecule has 28 heavy (non-hydrogen) atoms. The summed E-state index contributed by atoms with van der Waals surface area (Å²) in [5, 5.41) is 7.46. The Balaban J connectivity index is 1.57. The molecule has 1 saturated heterocycles. The van der Waals surface area contributed by atoms with Gasteiger partial charge in [-0.1, -0.05) is 29.4 Å². The van der Waals surface area contributed by atoms with Crippen LogP contribution in [0.3, 0.4) is 0 Å². The minimum Gasteiger partial charge on any atom is -0.364 e. The zero-order chi connectivity index (χ0) is 19.8. The summed E-state index contributed by atoms with van der Waals surface area (Å²) in [6, 6.07) is 10.6. The van der Waals surface area contributed by atoms with Crippen LogP contribution in [0.5, 0.6) is 0 Å². The lowest BCUT2D eigenvalue weighted by atomic mass is 10.1. The molecule has 1 aliphatic rings. The molecule has 0 aliphatic carbocycles. The Morgan fingerprint density at radius 3 is 2.64 bits per heavy atom. The first-order valence-corrected chi connectivity index (χ1v) is 10.0. The number of aromatic nitrogens is 1. The second-order valence-corrected chi connectivity index (χ2v) is 7.48. The van der Waals surface area contributed by atoms with Gasteiger partial charge in [0.2, 0.25) is 0 Å². The quantitative estimate of drug-likeness (QED) is 0.582. The van der Waals surface area contributed by atoms with E-state index in [2.05, 4.69) is 70.5 Å². The normalized spacial score (nSPS) is 16.0. The highest BCUT2D eigenvalue weighted by Gasteiger charge is 2.20. The lowest BCUT2D eigenvalue weighted by Gasteiger charge is -2.36. The number of nitrogens with one attached hydrogen (secondary N) is 1. The lowest BCUT2D eigenvalue weighted by molar-refractivity contribution is 0.169. The van der Waals surface area contributed by atoms with Crippen LogP contribution in [-0.2, 0) is 19.6 Å². The van der Waals surface area contributed by atoms with Crippen LogP contribution in [0, 0.1) is 0 Å². The van der Waals surface area contributed by atoms with Crippen molar-refractivity contribution in [3.05, 3.63) is 53.4 Å². The van der Waals surface area contributed by atoms with Crippen molar-refractivity contribution in [2.75, 3.05) is 46.8 Å². The van der Waals surface area contributed by atoms with Crippen LogP contribution in [0.2, 0.25) is 0 Å². The summed E-state index contributed by atoms with van der Waals surface area (Å²) in [6.45, 7) is 9.40. The molecule has 1 N–H and O–H groups in total. The molecule has 7 heteroatoms. The summed E-state index contributed by atoms with van der Waals surface area (Å²) in [7, 11) is 4.19. The highest BCUT2D eigenvalue weighted by molar-refractivity contribution is 5.80. The van der Waals surface area contributed by atoms with E-state index in [0.29, 0.717) is 6.54 Å². The third-order valence-corrected chi connectivity index (χ3v) is 4.79. The number of benzene rings is 1. The van der Waals surface area contributed by atoms with Gasteiger partial charge in [0.05, 0.1) is 12.2 Å². The Kier molecular flexibility index (Phi) is 7.45. The highest BCUT2D eigenvalue weighted by Crippen LogP contribution is 2.10. The second-order valence-electron chi connectivity index (χ2n) is 7.48.